The number of hydrogen-bond donors (Lipinski definition) is 1. The highest BCUT2D eigenvalue weighted by Crippen LogP contribution is 2.00. The first kappa shape index (κ1) is 11.5. The molecule has 0 fully saturated rings. The van der Waals surface area contributed by atoms with Crippen molar-refractivity contribution in [2.24, 2.45) is 0 Å². The Balaban J connectivity index is 0.000000187. The van der Waals surface area contributed by atoms with Gasteiger partial charge in [0.2, 0.25) is 0 Å². The number of nitrogens with zero attached hydrogens (tertiary/aromatic N) is 1. The minimum atomic E-state index is 0.287. The number of aryl methyl sites for hydroxylation is 1. The molecule has 0 radical (unpaired) electrons. The molecule has 0 saturated carbocycles. The van der Waals surface area contributed by atoms with Gasteiger partial charge < -0.3 is 9.63 Å². The molecule has 80 valence electrons. The highest BCUT2D eigenvalue weighted by Gasteiger charge is 1.88. The first-order valence-electron chi connectivity index (χ1n) is 4.92. The summed E-state index contributed by atoms with van der Waals surface area (Å²) in [6.45, 7) is 0.287. The second-order valence-corrected chi connectivity index (χ2v) is 3.00. The van der Waals surface area contributed by atoms with Crippen LogP contribution in [-0.4, -0.2) is 16.9 Å². The van der Waals surface area contributed by atoms with Crippen LogP contribution in [0.3, 0.4) is 0 Å². The number of rotatable bonds is 3. The summed E-state index contributed by atoms with van der Waals surface area (Å²) in [5, 5.41) is 11.9. The lowest BCUT2D eigenvalue weighted by atomic mass is 10.1. The molecular weight excluding hydrogens is 190 g/mol. The van der Waals surface area contributed by atoms with E-state index in [1.165, 1.54) is 11.8 Å². The Bertz CT molecular complexity index is 301. The molecule has 3 nitrogen and oxygen atoms in total. The van der Waals surface area contributed by atoms with E-state index in [1.54, 1.807) is 12.3 Å². The largest absolute Gasteiger partial charge is 0.396 e. The second kappa shape index (κ2) is 7.76. The average molecular weight is 205 g/mol. The maximum absolute atomic E-state index is 8.53. The highest BCUT2D eigenvalue weighted by molar-refractivity contribution is 5.14. The monoisotopic (exact) mass is 205 g/mol. The van der Waals surface area contributed by atoms with Gasteiger partial charge in [-0.2, -0.15) is 0 Å². The molecule has 0 unspecified atom stereocenters. The van der Waals surface area contributed by atoms with Crippen molar-refractivity contribution in [1.82, 2.24) is 5.16 Å². The molecule has 0 atom stereocenters. The van der Waals surface area contributed by atoms with E-state index in [-0.39, 0.29) is 6.61 Å². The molecule has 2 rings (SSSR count). The Morgan fingerprint density at radius 3 is 2.40 bits per heavy atom. The van der Waals surface area contributed by atoms with E-state index >= 15 is 0 Å². The lowest BCUT2D eigenvalue weighted by Gasteiger charge is -1.96. The Morgan fingerprint density at radius 2 is 1.93 bits per heavy atom. The highest BCUT2D eigenvalue weighted by atomic mass is 16.5. The molecular formula is C12H15NO2. The van der Waals surface area contributed by atoms with Gasteiger partial charge in [0.05, 0.1) is 6.20 Å². The lowest BCUT2D eigenvalue weighted by Crippen LogP contribution is -1.87. The molecule has 15 heavy (non-hydrogen) atoms. The first-order valence-corrected chi connectivity index (χ1v) is 4.92. The first-order chi connectivity index (χ1) is 7.43. The molecule has 1 heterocycles. The van der Waals surface area contributed by atoms with E-state index in [0.29, 0.717) is 0 Å². The van der Waals surface area contributed by atoms with E-state index < -0.39 is 0 Å². The third kappa shape index (κ3) is 5.65. The van der Waals surface area contributed by atoms with Crippen molar-refractivity contribution in [1.29, 1.82) is 0 Å². The predicted octanol–water partition coefficient (Wildman–Crippen LogP) is 2.29. The lowest BCUT2D eigenvalue weighted by molar-refractivity contribution is 0.288. The van der Waals surface area contributed by atoms with Gasteiger partial charge >= 0.3 is 0 Å². The van der Waals surface area contributed by atoms with Crippen LogP contribution in [0.1, 0.15) is 12.0 Å². The summed E-state index contributed by atoms with van der Waals surface area (Å²) in [5.74, 6) is 0. The van der Waals surface area contributed by atoms with Gasteiger partial charge in [0.15, 0.2) is 0 Å². The van der Waals surface area contributed by atoms with Crippen LogP contribution in [0.25, 0.3) is 0 Å². The van der Waals surface area contributed by atoms with Crippen molar-refractivity contribution in [3.8, 4) is 0 Å². The summed E-state index contributed by atoms with van der Waals surface area (Å²) >= 11 is 0. The van der Waals surface area contributed by atoms with Crippen LogP contribution < -0.4 is 0 Å². The summed E-state index contributed by atoms with van der Waals surface area (Å²) in [5.41, 5.74) is 1.30. The van der Waals surface area contributed by atoms with Gasteiger partial charge in [-0.05, 0) is 24.5 Å². The van der Waals surface area contributed by atoms with E-state index in [0.717, 1.165) is 12.8 Å². The molecule has 0 amide bonds. The Labute approximate surface area is 89.3 Å². The van der Waals surface area contributed by atoms with E-state index in [2.05, 4.69) is 21.8 Å². The second-order valence-electron chi connectivity index (χ2n) is 3.00. The van der Waals surface area contributed by atoms with Crippen molar-refractivity contribution < 1.29 is 9.63 Å². The van der Waals surface area contributed by atoms with Gasteiger partial charge in [0.1, 0.15) is 6.26 Å². The molecule has 2 aromatic rings. The molecule has 1 N–H and O–H groups in total. The van der Waals surface area contributed by atoms with Gasteiger partial charge in [-0.1, -0.05) is 35.5 Å². The van der Waals surface area contributed by atoms with Gasteiger partial charge in [-0.15, -0.1) is 0 Å². The number of benzene rings is 1. The maximum Gasteiger partial charge on any atom is 0.123 e. The summed E-state index contributed by atoms with van der Waals surface area (Å²) in [7, 11) is 0. The molecule has 1 aromatic carbocycles. The zero-order valence-corrected chi connectivity index (χ0v) is 8.54. The maximum atomic E-state index is 8.53. The minimum Gasteiger partial charge on any atom is -0.396 e. The van der Waals surface area contributed by atoms with Crippen LogP contribution in [0.15, 0.2) is 53.4 Å². The summed E-state index contributed by atoms with van der Waals surface area (Å²) in [4.78, 5) is 0. The molecule has 0 saturated heterocycles. The number of hydrogen-bond acceptors (Lipinski definition) is 3. The third-order valence-corrected chi connectivity index (χ3v) is 1.81. The summed E-state index contributed by atoms with van der Waals surface area (Å²) < 4.78 is 4.33. The topological polar surface area (TPSA) is 46.3 Å². The van der Waals surface area contributed by atoms with Crippen LogP contribution in [0.4, 0.5) is 0 Å². The van der Waals surface area contributed by atoms with Crippen LogP contribution in [0.2, 0.25) is 0 Å². The van der Waals surface area contributed by atoms with Crippen molar-refractivity contribution in [2.45, 2.75) is 12.8 Å². The quantitative estimate of drug-likeness (QED) is 0.836. The third-order valence-electron chi connectivity index (χ3n) is 1.81. The normalized spacial score (nSPS) is 9.13. The molecule has 0 spiro atoms. The van der Waals surface area contributed by atoms with Crippen LogP contribution in [0.5, 0.6) is 0 Å². The summed E-state index contributed by atoms with van der Waals surface area (Å²) in [6.07, 6.45) is 4.95. The van der Waals surface area contributed by atoms with Gasteiger partial charge in [-0.25, -0.2) is 0 Å². The Kier molecular flexibility index (Phi) is 5.93. The number of aliphatic hydroxyl groups excluding tert-OH is 1. The van der Waals surface area contributed by atoms with Gasteiger partial charge in [-0.3, -0.25) is 0 Å². The molecule has 3 heteroatoms. The molecule has 1 aromatic heterocycles. The fourth-order valence-corrected chi connectivity index (χ4v) is 1.10. The minimum absolute atomic E-state index is 0.287. The molecule has 0 aliphatic rings. The van der Waals surface area contributed by atoms with Crippen molar-refractivity contribution >= 4 is 0 Å². The zero-order chi connectivity index (χ0) is 10.8. The average Bonchev–Trinajstić information content (AvgIpc) is 2.86. The number of aliphatic hydroxyl groups is 1. The van der Waals surface area contributed by atoms with Crippen LogP contribution >= 0.6 is 0 Å². The van der Waals surface area contributed by atoms with Crippen molar-refractivity contribution in [3.63, 3.8) is 0 Å². The summed E-state index contributed by atoms with van der Waals surface area (Å²) in [6, 6.07) is 11.9. The fraction of sp³-hybridized carbons (Fsp3) is 0.250. The SMILES string of the molecule is OCCCc1ccccc1.c1cnoc1. The fourth-order valence-electron chi connectivity index (χ4n) is 1.10. The predicted molar refractivity (Wildman–Crippen MR) is 58.4 cm³/mol. The molecule has 0 aliphatic carbocycles. The Hall–Kier alpha value is -1.61. The van der Waals surface area contributed by atoms with Gasteiger partial charge in [0.25, 0.3) is 0 Å². The van der Waals surface area contributed by atoms with Crippen LogP contribution in [-0.2, 0) is 6.42 Å². The number of aromatic nitrogens is 1. The molecule has 0 bridgehead atoms. The van der Waals surface area contributed by atoms with E-state index in [9.17, 15) is 0 Å². The van der Waals surface area contributed by atoms with Gasteiger partial charge in [0, 0.05) is 6.61 Å². The van der Waals surface area contributed by atoms with E-state index in [4.69, 9.17) is 5.11 Å². The Morgan fingerprint density at radius 1 is 1.13 bits per heavy atom. The van der Waals surface area contributed by atoms with Crippen molar-refractivity contribution in [3.05, 3.63) is 54.4 Å². The van der Waals surface area contributed by atoms with Crippen LogP contribution in [0, 0.1) is 0 Å². The standard InChI is InChI=1S/C9H12O.C3H3NO/c10-8-4-7-9-5-2-1-3-6-9;1-2-4-5-3-1/h1-3,5-6,10H,4,7-8H2;1-3H. The zero-order valence-electron chi connectivity index (χ0n) is 8.54. The molecule has 0 aliphatic heterocycles. The van der Waals surface area contributed by atoms with Crippen molar-refractivity contribution in [2.75, 3.05) is 6.61 Å². The smallest absolute Gasteiger partial charge is 0.123 e. The van der Waals surface area contributed by atoms with E-state index in [1.807, 2.05) is 18.2 Å².